The first-order valence-corrected chi connectivity index (χ1v) is 21.6. The molecule has 0 radical (unpaired) electrons. The maximum Gasteiger partial charge on any atom is 0.254 e. The second-order valence-corrected chi connectivity index (χ2v) is 18.5. The van der Waals surface area contributed by atoms with Crippen molar-refractivity contribution in [1.29, 1.82) is 0 Å². The fourth-order valence-electron chi connectivity index (χ4n) is 7.39. The highest BCUT2D eigenvalue weighted by Crippen LogP contribution is 2.54. The predicted molar refractivity (Wildman–Crippen MR) is 230 cm³/mol. The van der Waals surface area contributed by atoms with Crippen molar-refractivity contribution in [3.63, 3.8) is 0 Å². The zero-order valence-corrected chi connectivity index (χ0v) is 32.4. The average molecular weight is 756 g/mol. The molecule has 8 rings (SSSR count). The maximum absolute atomic E-state index is 15.0. The van der Waals surface area contributed by atoms with Crippen LogP contribution in [0.1, 0.15) is 21.5 Å². The molecular weight excluding hydrogens is 712 g/mol. The molecule has 1 aliphatic rings. The van der Waals surface area contributed by atoms with E-state index in [1.54, 1.807) is 0 Å². The Labute approximate surface area is 326 Å². The molecule has 0 unspecified atom stereocenters. The van der Waals surface area contributed by atoms with Crippen LogP contribution in [0.5, 0.6) is 11.5 Å². The summed E-state index contributed by atoms with van der Waals surface area (Å²) in [5.41, 5.74) is 3.10. The molecule has 272 valence electrons. The summed E-state index contributed by atoms with van der Waals surface area (Å²) in [6, 6.07) is 69.6. The fraction of sp³-hybridized carbons (Fsp3) is 0.122. The minimum atomic E-state index is -0.827. The highest BCUT2D eigenvalue weighted by molar-refractivity contribution is 7.77. The number of carbonyl (C=O) groups is 1. The van der Waals surface area contributed by atoms with Crippen molar-refractivity contribution < 1.29 is 14.3 Å². The lowest BCUT2D eigenvalue weighted by Gasteiger charge is -2.34. The molecule has 2 atom stereocenters. The summed E-state index contributed by atoms with van der Waals surface area (Å²) in [7, 11) is -1.65. The van der Waals surface area contributed by atoms with Gasteiger partial charge in [0.05, 0.1) is 0 Å². The van der Waals surface area contributed by atoms with Crippen LogP contribution in [0.3, 0.4) is 0 Å². The van der Waals surface area contributed by atoms with Gasteiger partial charge in [-0.25, -0.2) is 0 Å². The maximum atomic E-state index is 15.0. The number of amides is 1. The van der Waals surface area contributed by atoms with Crippen molar-refractivity contribution in [3.05, 3.63) is 217 Å². The van der Waals surface area contributed by atoms with Gasteiger partial charge in [0.2, 0.25) is 0 Å². The molecule has 7 aromatic rings. The number of hydrogen-bond donors (Lipinski definition) is 0. The van der Waals surface area contributed by atoms with Gasteiger partial charge in [0.1, 0.15) is 24.7 Å². The number of carbonyl (C=O) groups excluding carboxylic acids is 1. The van der Waals surface area contributed by atoms with E-state index in [-0.39, 0.29) is 17.2 Å². The SMILES string of the molecule is O=C(c1cc(OCc2ccccc2)cc(OCc2ccccc2)c1)N1C[C@@H](P(c2ccccc2)c2ccccc2)[C@H](P(c2ccccc2)c2ccccc2)C1. The van der Waals surface area contributed by atoms with E-state index in [1.807, 2.05) is 78.9 Å². The number of ether oxygens (including phenoxy) is 2. The zero-order chi connectivity index (χ0) is 37.2. The summed E-state index contributed by atoms with van der Waals surface area (Å²) >= 11 is 0. The topological polar surface area (TPSA) is 38.8 Å². The van der Waals surface area contributed by atoms with Crippen molar-refractivity contribution in [2.45, 2.75) is 24.5 Å². The van der Waals surface area contributed by atoms with Crippen LogP contribution < -0.4 is 30.7 Å². The number of benzene rings is 7. The van der Waals surface area contributed by atoms with Crippen molar-refractivity contribution in [2.75, 3.05) is 13.1 Å². The quantitative estimate of drug-likeness (QED) is 0.110. The van der Waals surface area contributed by atoms with Crippen LogP contribution >= 0.6 is 15.8 Å². The Morgan fingerprint density at radius 3 is 1.09 bits per heavy atom. The van der Waals surface area contributed by atoms with E-state index in [9.17, 15) is 0 Å². The van der Waals surface area contributed by atoms with E-state index in [2.05, 4.69) is 126 Å². The molecule has 6 heteroatoms. The molecule has 55 heavy (non-hydrogen) atoms. The van der Waals surface area contributed by atoms with E-state index in [0.717, 1.165) is 11.1 Å². The van der Waals surface area contributed by atoms with Gasteiger partial charge in [0.25, 0.3) is 5.91 Å². The van der Waals surface area contributed by atoms with Gasteiger partial charge in [-0.15, -0.1) is 0 Å². The summed E-state index contributed by atoms with van der Waals surface area (Å²) in [5, 5.41) is 5.32. The Kier molecular flexibility index (Phi) is 11.8. The molecule has 0 aliphatic carbocycles. The van der Waals surface area contributed by atoms with Crippen LogP contribution in [0.15, 0.2) is 200 Å². The highest BCUT2D eigenvalue weighted by Gasteiger charge is 2.45. The minimum Gasteiger partial charge on any atom is -0.489 e. The molecule has 1 amide bonds. The third-order valence-electron chi connectivity index (χ3n) is 9.97. The van der Waals surface area contributed by atoms with Crippen LogP contribution in [0.25, 0.3) is 0 Å². The van der Waals surface area contributed by atoms with E-state index >= 15 is 4.79 Å². The Morgan fingerprint density at radius 1 is 0.455 bits per heavy atom. The summed E-state index contributed by atoms with van der Waals surface area (Å²) in [6.07, 6.45) is 0. The van der Waals surface area contributed by atoms with Gasteiger partial charge >= 0.3 is 0 Å². The van der Waals surface area contributed by atoms with E-state index in [4.69, 9.17) is 9.47 Å². The summed E-state index contributed by atoms with van der Waals surface area (Å²) in [4.78, 5) is 17.1. The minimum absolute atomic E-state index is 0.00521. The highest BCUT2D eigenvalue weighted by atomic mass is 31.1. The largest absolute Gasteiger partial charge is 0.489 e. The van der Waals surface area contributed by atoms with Crippen LogP contribution in [0.4, 0.5) is 0 Å². The number of likely N-dealkylation sites (tertiary alicyclic amines) is 1. The molecular formula is C49H43NO3P2. The monoisotopic (exact) mass is 755 g/mol. The third-order valence-corrected chi connectivity index (χ3v) is 16.0. The lowest BCUT2D eigenvalue weighted by Crippen LogP contribution is -2.34. The summed E-state index contributed by atoms with van der Waals surface area (Å²) in [6.45, 7) is 2.07. The zero-order valence-electron chi connectivity index (χ0n) is 30.6. The van der Waals surface area contributed by atoms with Crippen molar-refractivity contribution in [1.82, 2.24) is 4.90 Å². The number of rotatable bonds is 13. The molecule has 0 aromatic heterocycles. The standard InChI is InChI=1S/C49H43NO3P2/c51-49(40-31-41(52-36-38-19-7-1-8-20-38)33-42(32-40)53-37-39-21-9-2-10-22-39)50-34-47(54(43-23-11-3-12-24-43)44-25-13-4-14-26-44)48(35-50)55(45-27-15-5-16-28-45)46-29-17-6-18-30-46/h1-33,47-48H,34-37H2/t47-,48-/m1/s1. The van der Waals surface area contributed by atoms with Crippen LogP contribution in [0, 0.1) is 0 Å². The second-order valence-electron chi connectivity index (χ2n) is 13.7. The molecule has 0 bridgehead atoms. The second kappa shape index (κ2) is 17.7. The van der Waals surface area contributed by atoms with Gasteiger partial charge in [0.15, 0.2) is 0 Å². The first-order chi connectivity index (χ1) is 27.2. The number of nitrogens with zero attached hydrogens (tertiary/aromatic N) is 1. The predicted octanol–water partition coefficient (Wildman–Crippen LogP) is 9.30. The lowest BCUT2D eigenvalue weighted by atomic mass is 10.1. The molecule has 0 saturated carbocycles. The van der Waals surface area contributed by atoms with Gasteiger partial charge in [0, 0.05) is 36.0 Å². The molecule has 1 aliphatic heterocycles. The van der Waals surface area contributed by atoms with Gasteiger partial charge in [-0.05, 0) is 60.3 Å². The van der Waals surface area contributed by atoms with E-state index in [1.165, 1.54) is 21.2 Å². The van der Waals surface area contributed by atoms with Gasteiger partial charge < -0.3 is 14.4 Å². The Morgan fingerprint density at radius 2 is 0.764 bits per heavy atom. The average Bonchev–Trinajstić information content (AvgIpc) is 3.68. The van der Waals surface area contributed by atoms with Crippen molar-refractivity contribution in [2.24, 2.45) is 0 Å². The van der Waals surface area contributed by atoms with Crippen molar-refractivity contribution >= 4 is 43.0 Å². The van der Waals surface area contributed by atoms with Gasteiger partial charge in [-0.2, -0.15) is 0 Å². The lowest BCUT2D eigenvalue weighted by molar-refractivity contribution is 0.0792. The first-order valence-electron chi connectivity index (χ1n) is 18.8. The van der Waals surface area contributed by atoms with Crippen molar-refractivity contribution in [3.8, 4) is 11.5 Å². The normalized spacial score (nSPS) is 15.3. The third kappa shape index (κ3) is 8.90. The van der Waals surface area contributed by atoms with E-state index < -0.39 is 15.8 Å². The van der Waals surface area contributed by atoms with E-state index in [0.29, 0.717) is 43.4 Å². The molecule has 1 heterocycles. The molecule has 0 spiro atoms. The van der Waals surface area contributed by atoms with Crippen LogP contribution in [-0.2, 0) is 13.2 Å². The smallest absolute Gasteiger partial charge is 0.254 e. The Hall–Kier alpha value is -5.53. The Balaban J connectivity index is 1.19. The molecule has 7 aromatic carbocycles. The van der Waals surface area contributed by atoms with Crippen LogP contribution in [0.2, 0.25) is 0 Å². The first kappa shape index (κ1) is 36.4. The molecule has 4 nitrogen and oxygen atoms in total. The molecule has 1 saturated heterocycles. The molecule has 1 fully saturated rings. The fourth-order valence-corrected chi connectivity index (χ4v) is 13.9. The Bertz CT molecular complexity index is 2030. The summed E-state index contributed by atoms with van der Waals surface area (Å²) in [5.74, 6) is 1.21. The summed E-state index contributed by atoms with van der Waals surface area (Å²) < 4.78 is 12.7. The van der Waals surface area contributed by atoms with Crippen LogP contribution in [-0.4, -0.2) is 35.2 Å². The van der Waals surface area contributed by atoms with Gasteiger partial charge in [-0.1, -0.05) is 182 Å². The van der Waals surface area contributed by atoms with Gasteiger partial charge in [-0.3, -0.25) is 4.79 Å². The number of hydrogen-bond acceptors (Lipinski definition) is 3. The molecule has 0 N–H and O–H groups in total.